The van der Waals surface area contributed by atoms with Gasteiger partial charge in [0.25, 0.3) is 5.91 Å². The summed E-state index contributed by atoms with van der Waals surface area (Å²) in [7, 11) is 1.58. The number of nitrogens with one attached hydrogen (secondary N) is 1. The van der Waals surface area contributed by atoms with Crippen molar-refractivity contribution in [1.29, 1.82) is 0 Å². The predicted octanol–water partition coefficient (Wildman–Crippen LogP) is 2.71. The summed E-state index contributed by atoms with van der Waals surface area (Å²) in [5.41, 5.74) is 1.66. The fourth-order valence-corrected chi connectivity index (χ4v) is 2.56. The summed E-state index contributed by atoms with van der Waals surface area (Å²) in [6.07, 6.45) is 0. The predicted molar refractivity (Wildman–Crippen MR) is 102 cm³/mol. The van der Waals surface area contributed by atoms with Crippen LogP contribution in [0, 0.1) is 0 Å². The minimum absolute atomic E-state index is 0.110. The lowest BCUT2D eigenvalue weighted by Crippen LogP contribution is -2.28. The third-order valence-corrected chi connectivity index (χ3v) is 3.83. The van der Waals surface area contributed by atoms with Gasteiger partial charge in [-0.2, -0.15) is 0 Å². The van der Waals surface area contributed by atoms with Crippen LogP contribution in [0.25, 0.3) is 17.1 Å². The van der Waals surface area contributed by atoms with Crippen molar-refractivity contribution in [1.82, 2.24) is 20.1 Å². The molecule has 3 rings (SSSR count). The van der Waals surface area contributed by atoms with Gasteiger partial charge in [-0.1, -0.05) is 30.3 Å². The van der Waals surface area contributed by atoms with Crippen molar-refractivity contribution in [2.75, 3.05) is 26.9 Å². The monoisotopic (exact) mass is 366 g/mol. The third-order valence-electron chi connectivity index (χ3n) is 3.83. The zero-order valence-corrected chi connectivity index (χ0v) is 15.4. The van der Waals surface area contributed by atoms with Gasteiger partial charge >= 0.3 is 0 Å². The molecule has 0 aliphatic heterocycles. The lowest BCUT2D eigenvalue weighted by atomic mass is 10.2. The maximum atomic E-state index is 12.4. The van der Waals surface area contributed by atoms with Crippen LogP contribution in [0.4, 0.5) is 0 Å². The van der Waals surface area contributed by atoms with Crippen molar-refractivity contribution in [3.05, 3.63) is 60.4 Å². The molecule has 1 heterocycles. The Morgan fingerprint density at radius 3 is 2.52 bits per heavy atom. The molecule has 0 unspecified atom stereocenters. The van der Waals surface area contributed by atoms with Crippen LogP contribution < -0.4 is 10.1 Å². The number of aromatic nitrogens is 3. The Kier molecular flexibility index (Phi) is 6.17. The van der Waals surface area contributed by atoms with E-state index >= 15 is 0 Å². The number of amides is 1. The summed E-state index contributed by atoms with van der Waals surface area (Å²) in [5, 5.41) is 7.17. The number of ether oxygens (including phenoxy) is 2. The van der Waals surface area contributed by atoms with Crippen LogP contribution in [-0.2, 0) is 4.74 Å². The highest BCUT2D eigenvalue weighted by molar-refractivity contribution is 5.91. The molecule has 140 valence electrons. The van der Waals surface area contributed by atoms with Crippen molar-refractivity contribution >= 4 is 5.91 Å². The van der Waals surface area contributed by atoms with Crippen LogP contribution in [0.2, 0.25) is 0 Å². The van der Waals surface area contributed by atoms with Crippen LogP contribution in [-0.4, -0.2) is 47.5 Å². The minimum Gasteiger partial charge on any atom is -0.494 e. The normalized spacial score (nSPS) is 10.6. The molecule has 3 aromatic rings. The van der Waals surface area contributed by atoms with E-state index in [1.54, 1.807) is 11.8 Å². The maximum absolute atomic E-state index is 12.4. The van der Waals surface area contributed by atoms with E-state index in [-0.39, 0.29) is 11.7 Å². The minimum atomic E-state index is -0.339. The van der Waals surface area contributed by atoms with E-state index in [1.165, 1.54) is 0 Å². The van der Waals surface area contributed by atoms with Gasteiger partial charge in [0.1, 0.15) is 5.75 Å². The number of hydrogen-bond donors (Lipinski definition) is 1. The van der Waals surface area contributed by atoms with Gasteiger partial charge in [-0.15, -0.1) is 5.10 Å². The zero-order chi connectivity index (χ0) is 19.1. The number of hydrogen-bond acceptors (Lipinski definition) is 5. The van der Waals surface area contributed by atoms with Crippen molar-refractivity contribution in [3.63, 3.8) is 0 Å². The van der Waals surface area contributed by atoms with Crippen LogP contribution in [0.3, 0.4) is 0 Å². The Morgan fingerprint density at radius 2 is 1.85 bits per heavy atom. The molecule has 0 atom stereocenters. The van der Waals surface area contributed by atoms with Crippen LogP contribution >= 0.6 is 0 Å². The molecule has 7 nitrogen and oxygen atoms in total. The molecule has 27 heavy (non-hydrogen) atoms. The van der Waals surface area contributed by atoms with Gasteiger partial charge < -0.3 is 14.8 Å². The Hall–Kier alpha value is -3.19. The molecule has 0 fully saturated rings. The second-order valence-electron chi connectivity index (χ2n) is 5.71. The number of benzene rings is 2. The topological polar surface area (TPSA) is 78.3 Å². The summed E-state index contributed by atoms with van der Waals surface area (Å²) in [6.45, 7) is 3.36. The van der Waals surface area contributed by atoms with Gasteiger partial charge in [0, 0.05) is 19.2 Å². The van der Waals surface area contributed by atoms with Gasteiger partial charge in [-0.25, -0.2) is 9.67 Å². The average Bonchev–Trinajstić information content (AvgIpc) is 3.15. The first-order valence-corrected chi connectivity index (χ1v) is 8.75. The van der Waals surface area contributed by atoms with Crippen molar-refractivity contribution in [2.24, 2.45) is 0 Å². The van der Waals surface area contributed by atoms with Gasteiger partial charge in [-0.05, 0) is 31.2 Å². The van der Waals surface area contributed by atoms with Crippen molar-refractivity contribution in [2.45, 2.75) is 6.92 Å². The Morgan fingerprint density at radius 1 is 1.11 bits per heavy atom. The molecule has 0 saturated heterocycles. The van der Waals surface area contributed by atoms with E-state index in [0.717, 1.165) is 17.0 Å². The molecule has 1 N–H and O–H groups in total. The van der Waals surface area contributed by atoms with E-state index in [2.05, 4.69) is 15.4 Å². The average molecular weight is 366 g/mol. The first kappa shape index (κ1) is 18.6. The summed E-state index contributed by atoms with van der Waals surface area (Å²) >= 11 is 0. The Labute approximate surface area is 158 Å². The molecular formula is C20H22N4O3. The number of carbonyl (C=O) groups is 1. The Balaban J connectivity index is 1.96. The molecule has 7 heteroatoms. The molecule has 0 saturated carbocycles. The highest BCUT2D eigenvalue weighted by Gasteiger charge is 2.18. The second kappa shape index (κ2) is 8.95. The summed E-state index contributed by atoms with van der Waals surface area (Å²) in [5.74, 6) is 1.14. The fourth-order valence-electron chi connectivity index (χ4n) is 2.56. The van der Waals surface area contributed by atoms with Gasteiger partial charge in [-0.3, -0.25) is 4.79 Å². The third kappa shape index (κ3) is 4.51. The van der Waals surface area contributed by atoms with E-state index in [9.17, 15) is 4.79 Å². The summed E-state index contributed by atoms with van der Waals surface area (Å²) in [4.78, 5) is 16.8. The smallest absolute Gasteiger partial charge is 0.291 e. The van der Waals surface area contributed by atoms with E-state index < -0.39 is 0 Å². The van der Waals surface area contributed by atoms with E-state index in [4.69, 9.17) is 9.47 Å². The molecule has 1 aromatic heterocycles. The van der Waals surface area contributed by atoms with Crippen molar-refractivity contribution in [3.8, 4) is 22.8 Å². The molecule has 2 aromatic carbocycles. The molecule has 0 bridgehead atoms. The number of rotatable bonds is 8. The van der Waals surface area contributed by atoms with Gasteiger partial charge in [0.05, 0.1) is 18.9 Å². The standard InChI is InChI=1S/C20H22N4O3/c1-3-27-17-11-9-16(10-12-17)24-19(15-7-5-4-6-8-15)22-18(23-24)20(25)21-13-14-26-2/h4-12H,3,13-14H2,1-2H3,(H,21,25). The first-order valence-electron chi connectivity index (χ1n) is 8.75. The largest absolute Gasteiger partial charge is 0.494 e. The molecule has 0 aliphatic carbocycles. The number of nitrogens with zero attached hydrogens (tertiary/aromatic N) is 3. The van der Waals surface area contributed by atoms with E-state index in [0.29, 0.717) is 25.6 Å². The van der Waals surface area contributed by atoms with Crippen LogP contribution in [0.15, 0.2) is 54.6 Å². The second-order valence-corrected chi connectivity index (χ2v) is 5.71. The fraction of sp³-hybridized carbons (Fsp3) is 0.250. The van der Waals surface area contributed by atoms with Gasteiger partial charge in [0.15, 0.2) is 5.82 Å². The number of carbonyl (C=O) groups excluding carboxylic acids is 1. The first-order chi connectivity index (χ1) is 13.2. The maximum Gasteiger partial charge on any atom is 0.291 e. The summed E-state index contributed by atoms with van der Waals surface area (Å²) in [6, 6.07) is 17.2. The summed E-state index contributed by atoms with van der Waals surface area (Å²) < 4.78 is 12.1. The Bertz CT molecular complexity index is 876. The lowest BCUT2D eigenvalue weighted by Gasteiger charge is -2.07. The van der Waals surface area contributed by atoms with Crippen LogP contribution in [0.5, 0.6) is 5.75 Å². The zero-order valence-electron chi connectivity index (χ0n) is 15.4. The quantitative estimate of drug-likeness (QED) is 0.620. The number of methoxy groups -OCH3 is 1. The molecule has 1 amide bonds. The van der Waals surface area contributed by atoms with Crippen molar-refractivity contribution < 1.29 is 14.3 Å². The molecule has 0 aliphatic rings. The molecule has 0 radical (unpaired) electrons. The SMILES string of the molecule is CCOc1ccc(-n2nc(C(=O)NCCOC)nc2-c2ccccc2)cc1. The lowest BCUT2D eigenvalue weighted by molar-refractivity contribution is 0.0927. The van der Waals surface area contributed by atoms with Gasteiger partial charge in [0.2, 0.25) is 5.82 Å². The molecular weight excluding hydrogens is 344 g/mol. The van der Waals surface area contributed by atoms with Crippen LogP contribution in [0.1, 0.15) is 17.5 Å². The molecule has 0 spiro atoms. The highest BCUT2D eigenvalue weighted by atomic mass is 16.5. The van der Waals surface area contributed by atoms with E-state index in [1.807, 2.05) is 61.5 Å². The highest BCUT2D eigenvalue weighted by Crippen LogP contribution is 2.22.